The number of hydrogen-bond acceptors (Lipinski definition) is 4. The van der Waals surface area contributed by atoms with E-state index in [0.717, 1.165) is 42.5 Å². The van der Waals surface area contributed by atoms with Crippen LogP contribution < -0.4 is 10.0 Å². The van der Waals surface area contributed by atoms with Gasteiger partial charge in [-0.3, -0.25) is 9.52 Å². The van der Waals surface area contributed by atoms with E-state index in [0.29, 0.717) is 6.20 Å². The van der Waals surface area contributed by atoms with Gasteiger partial charge >= 0.3 is 6.18 Å². The van der Waals surface area contributed by atoms with E-state index in [1.807, 2.05) is 4.72 Å². The van der Waals surface area contributed by atoms with E-state index >= 15 is 0 Å². The van der Waals surface area contributed by atoms with Crippen molar-refractivity contribution in [1.29, 1.82) is 0 Å². The Balaban J connectivity index is 1.83. The molecule has 0 radical (unpaired) electrons. The number of amides is 1. The molecule has 3 rings (SSSR count). The van der Waals surface area contributed by atoms with E-state index in [-0.39, 0.29) is 11.4 Å². The molecule has 3 N–H and O–H groups in total. The fourth-order valence-corrected chi connectivity index (χ4v) is 3.46. The molecule has 0 atom stereocenters. The molecule has 13 heteroatoms. The summed E-state index contributed by atoms with van der Waals surface area (Å²) in [6, 6.07) is 6.77. The number of halogens is 5. The van der Waals surface area contributed by atoms with Crippen LogP contribution in [0.4, 0.5) is 33.3 Å². The van der Waals surface area contributed by atoms with Crippen molar-refractivity contribution in [3.8, 4) is 0 Å². The van der Waals surface area contributed by atoms with Crippen LogP contribution >= 0.6 is 0 Å². The van der Waals surface area contributed by atoms with Crippen molar-refractivity contribution in [3.63, 3.8) is 0 Å². The van der Waals surface area contributed by atoms with Gasteiger partial charge in [-0.1, -0.05) is 0 Å². The number of aromatic nitrogens is 2. The molecule has 0 unspecified atom stereocenters. The predicted molar refractivity (Wildman–Crippen MR) is 95.2 cm³/mol. The molecule has 0 aliphatic heterocycles. The van der Waals surface area contributed by atoms with Gasteiger partial charge < -0.3 is 10.3 Å². The summed E-state index contributed by atoms with van der Waals surface area (Å²) in [6.07, 6.45) is -4.14. The molecule has 1 aromatic heterocycles. The molecule has 0 fully saturated rings. The Hall–Kier alpha value is -3.48. The van der Waals surface area contributed by atoms with Crippen molar-refractivity contribution < 1.29 is 35.2 Å². The van der Waals surface area contributed by atoms with Crippen molar-refractivity contribution >= 4 is 27.3 Å². The third-order valence-electron chi connectivity index (χ3n) is 3.66. The Morgan fingerprint density at radius 3 is 2.23 bits per heavy atom. The number of rotatable bonds is 5. The quantitative estimate of drug-likeness (QED) is 0.519. The summed E-state index contributed by atoms with van der Waals surface area (Å²) in [4.78, 5) is 16.1. The Morgan fingerprint density at radius 1 is 1.00 bits per heavy atom. The summed E-state index contributed by atoms with van der Waals surface area (Å²) in [5, 5.41) is 2.15. The van der Waals surface area contributed by atoms with Crippen LogP contribution in [0.1, 0.15) is 16.3 Å². The van der Waals surface area contributed by atoms with Crippen LogP contribution in [0.3, 0.4) is 0 Å². The summed E-state index contributed by atoms with van der Waals surface area (Å²) in [7, 11) is -4.46. The summed E-state index contributed by atoms with van der Waals surface area (Å²) >= 11 is 0. The number of carbonyl (C=O) groups is 1. The summed E-state index contributed by atoms with van der Waals surface area (Å²) in [5.41, 5.74) is -0.785. The Morgan fingerprint density at radius 2 is 1.63 bits per heavy atom. The summed E-state index contributed by atoms with van der Waals surface area (Å²) in [6.45, 7) is 0. The minimum absolute atomic E-state index is 0.0395. The lowest BCUT2D eigenvalue weighted by molar-refractivity contribution is -0.144. The summed E-state index contributed by atoms with van der Waals surface area (Å²) < 4.78 is 91.6. The highest BCUT2D eigenvalue weighted by Gasteiger charge is 2.35. The third kappa shape index (κ3) is 4.74. The maximum absolute atomic E-state index is 14.1. The Labute approximate surface area is 166 Å². The molecule has 0 spiro atoms. The molecule has 0 saturated heterocycles. The number of sulfonamides is 1. The second-order valence-electron chi connectivity index (χ2n) is 5.85. The van der Waals surface area contributed by atoms with Crippen molar-refractivity contribution in [2.24, 2.45) is 0 Å². The molecule has 3 aromatic rings. The number of nitrogens with one attached hydrogen (secondary N) is 3. The normalized spacial score (nSPS) is 11.9. The highest BCUT2D eigenvalue weighted by molar-refractivity contribution is 7.92. The second-order valence-corrected chi connectivity index (χ2v) is 7.51. The predicted octanol–water partition coefficient (Wildman–Crippen LogP) is 3.76. The van der Waals surface area contributed by atoms with Gasteiger partial charge in [0.15, 0.2) is 0 Å². The first kappa shape index (κ1) is 21.2. The van der Waals surface area contributed by atoms with Gasteiger partial charge in [0.2, 0.25) is 5.82 Å². The van der Waals surface area contributed by atoms with Gasteiger partial charge in [0.1, 0.15) is 22.2 Å². The second kappa shape index (κ2) is 7.74. The fraction of sp³-hybridized carbons (Fsp3) is 0.0588. The molecule has 0 saturated carbocycles. The van der Waals surface area contributed by atoms with Gasteiger partial charge in [-0.25, -0.2) is 22.2 Å². The zero-order valence-electron chi connectivity index (χ0n) is 14.6. The van der Waals surface area contributed by atoms with E-state index < -0.39 is 50.2 Å². The van der Waals surface area contributed by atoms with Crippen molar-refractivity contribution in [1.82, 2.24) is 9.97 Å². The van der Waals surface area contributed by atoms with Gasteiger partial charge in [-0.2, -0.15) is 13.2 Å². The lowest BCUT2D eigenvalue weighted by Gasteiger charge is -2.11. The molecule has 1 heterocycles. The average Bonchev–Trinajstić information content (AvgIpc) is 3.16. The van der Waals surface area contributed by atoms with Crippen molar-refractivity contribution in [3.05, 3.63) is 71.8 Å². The molecule has 158 valence electrons. The number of nitrogens with zero attached hydrogens (tertiary/aromatic N) is 1. The standard InChI is InChI=1S/C17H11F5N4O3S/c18-9-1-3-10(4-2-9)26-30(28,29)14-7-11(5-6-12(14)19)24-15(27)13-8-23-16(25-13)17(20,21)22/h1-8,26H,(H,23,25)(H,24,27). The number of hydrogen-bond donors (Lipinski definition) is 3. The number of anilines is 2. The van der Waals surface area contributed by atoms with E-state index in [2.05, 4.69) is 10.3 Å². The SMILES string of the molecule is O=C(Nc1ccc(F)c(S(=O)(=O)Nc2ccc(F)cc2)c1)c1cnc(C(F)(F)F)[nH]1. The molecule has 0 bridgehead atoms. The number of aromatic amines is 1. The van der Waals surface area contributed by atoms with Crippen molar-refractivity contribution in [2.75, 3.05) is 10.0 Å². The number of imidazole rings is 1. The van der Waals surface area contributed by atoms with Crippen molar-refractivity contribution in [2.45, 2.75) is 11.1 Å². The van der Waals surface area contributed by atoms with Crippen LogP contribution in [0.15, 0.2) is 53.6 Å². The van der Waals surface area contributed by atoms with Crippen LogP contribution in [0.25, 0.3) is 0 Å². The van der Waals surface area contributed by atoms with Crippen LogP contribution in [-0.2, 0) is 16.2 Å². The van der Waals surface area contributed by atoms with Gasteiger partial charge in [0, 0.05) is 11.4 Å². The minimum atomic E-state index is -4.79. The maximum Gasteiger partial charge on any atom is 0.449 e. The number of H-pyrrole nitrogens is 1. The van der Waals surface area contributed by atoms with Gasteiger partial charge in [0.05, 0.1) is 6.20 Å². The average molecular weight is 446 g/mol. The lowest BCUT2D eigenvalue weighted by Crippen LogP contribution is -2.17. The van der Waals surface area contributed by atoms with Gasteiger partial charge in [-0.05, 0) is 42.5 Å². The van der Waals surface area contributed by atoms with E-state index in [4.69, 9.17) is 0 Å². The van der Waals surface area contributed by atoms with E-state index in [1.54, 1.807) is 4.98 Å². The molecule has 2 aromatic carbocycles. The zero-order valence-corrected chi connectivity index (χ0v) is 15.4. The first-order chi connectivity index (χ1) is 14.0. The van der Waals surface area contributed by atoms with E-state index in [1.165, 1.54) is 0 Å². The molecular weight excluding hydrogens is 435 g/mol. The Kier molecular flexibility index (Phi) is 5.48. The van der Waals surface area contributed by atoms with Crippen LogP contribution in [0, 0.1) is 11.6 Å². The topological polar surface area (TPSA) is 104 Å². The number of alkyl halides is 3. The molecule has 30 heavy (non-hydrogen) atoms. The molecule has 7 nitrogen and oxygen atoms in total. The monoisotopic (exact) mass is 446 g/mol. The molecule has 0 aliphatic carbocycles. The van der Waals surface area contributed by atoms with Gasteiger partial charge in [0.25, 0.3) is 15.9 Å². The zero-order chi connectivity index (χ0) is 22.1. The first-order valence-corrected chi connectivity index (χ1v) is 9.45. The molecule has 0 aliphatic rings. The smallest absolute Gasteiger partial charge is 0.330 e. The minimum Gasteiger partial charge on any atom is -0.330 e. The summed E-state index contributed by atoms with van der Waals surface area (Å²) in [5.74, 6) is -4.21. The van der Waals surface area contributed by atoms with Crippen LogP contribution in [0.2, 0.25) is 0 Å². The lowest BCUT2D eigenvalue weighted by atomic mass is 10.3. The fourth-order valence-electron chi connectivity index (χ4n) is 2.29. The first-order valence-electron chi connectivity index (χ1n) is 7.97. The maximum atomic E-state index is 14.1. The number of carbonyl (C=O) groups excluding carboxylic acids is 1. The molecular formula is C17H11F5N4O3S. The largest absolute Gasteiger partial charge is 0.449 e. The van der Waals surface area contributed by atoms with Crippen LogP contribution in [0.5, 0.6) is 0 Å². The number of benzene rings is 2. The van der Waals surface area contributed by atoms with E-state index in [9.17, 15) is 35.2 Å². The highest BCUT2D eigenvalue weighted by Crippen LogP contribution is 2.27. The van der Waals surface area contributed by atoms with Gasteiger partial charge in [-0.15, -0.1) is 0 Å². The molecule has 1 amide bonds. The highest BCUT2D eigenvalue weighted by atomic mass is 32.2. The van der Waals surface area contributed by atoms with Crippen LogP contribution in [-0.4, -0.2) is 24.3 Å². The Bertz CT molecular complexity index is 1190. The third-order valence-corrected chi connectivity index (χ3v) is 5.06.